The fraction of sp³-hybridized carbons (Fsp3) is 0.480. The van der Waals surface area contributed by atoms with Crippen LogP contribution >= 0.6 is 0 Å². The molecule has 2 aromatic heterocycles. The number of anilines is 1. The smallest absolute Gasteiger partial charge is 0.333 e. The van der Waals surface area contributed by atoms with Gasteiger partial charge in [-0.15, -0.1) is 0 Å². The molecule has 0 radical (unpaired) electrons. The van der Waals surface area contributed by atoms with Crippen LogP contribution in [0.5, 0.6) is 0 Å². The van der Waals surface area contributed by atoms with Gasteiger partial charge >= 0.3 is 5.69 Å². The number of rotatable bonds is 5. The summed E-state index contributed by atoms with van der Waals surface area (Å²) in [5.74, 6) is -0.732. The largest absolute Gasteiger partial charge is 0.381 e. The highest BCUT2D eigenvalue weighted by molar-refractivity contribution is 5.59. The molecule has 0 spiro atoms. The third-order valence-corrected chi connectivity index (χ3v) is 6.93. The van der Waals surface area contributed by atoms with Crippen molar-refractivity contribution in [1.82, 2.24) is 19.1 Å². The molecule has 1 aliphatic carbocycles. The van der Waals surface area contributed by atoms with E-state index in [0.717, 1.165) is 30.9 Å². The lowest BCUT2D eigenvalue weighted by molar-refractivity contribution is 0.0686. The third-order valence-electron chi connectivity index (χ3n) is 6.93. The molecule has 2 fully saturated rings. The molecule has 1 saturated carbocycles. The number of hydrogen-bond acceptors (Lipinski definition) is 5. The normalized spacial score (nSPS) is 21.5. The average molecular weight is 470 g/mol. The second kappa shape index (κ2) is 9.66. The fourth-order valence-corrected chi connectivity index (χ4v) is 4.90. The van der Waals surface area contributed by atoms with Gasteiger partial charge < -0.3 is 10.1 Å². The van der Waals surface area contributed by atoms with Crippen molar-refractivity contribution in [3.8, 4) is 17.1 Å². The molecule has 1 aromatic carbocycles. The first kappa shape index (κ1) is 22.7. The Bertz CT molecular complexity index is 1210. The standard InChI is InChI=1S/C25H29F2N5O2/c1-16-2-4-17(5-3-16)29-24-28-11-8-22(30-24)23-15-31(18-9-12-34-13-10-18)25(33)32(23)19-6-7-20(26)21(27)14-19/h6-8,11,14-18H,2-5,9-10,12-13H2,1H3,(H,28,29,30). The van der Waals surface area contributed by atoms with Gasteiger partial charge in [0, 0.05) is 43.8 Å². The Kier molecular flexibility index (Phi) is 6.45. The van der Waals surface area contributed by atoms with Crippen LogP contribution in [0.1, 0.15) is 51.5 Å². The molecule has 9 heteroatoms. The molecule has 2 aliphatic rings. The molecular formula is C25H29F2N5O2. The van der Waals surface area contributed by atoms with Crippen LogP contribution in [0.4, 0.5) is 14.7 Å². The van der Waals surface area contributed by atoms with E-state index in [1.807, 2.05) is 0 Å². The Morgan fingerprint density at radius 1 is 1.03 bits per heavy atom. The maximum absolute atomic E-state index is 14.1. The quantitative estimate of drug-likeness (QED) is 0.586. The Balaban J connectivity index is 1.55. The maximum Gasteiger partial charge on any atom is 0.333 e. The van der Waals surface area contributed by atoms with Gasteiger partial charge in [0.2, 0.25) is 5.95 Å². The number of nitrogens with one attached hydrogen (secondary N) is 1. The van der Waals surface area contributed by atoms with Crippen LogP contribution in [0.2, 0.25) is 0 Å². The second-order valence-electron chi connectivity index (χ2n) is 9.35. The van der Waals surface area contributed by atoms with Crippen LogP contribution in [0, 0.1) is 17.6 Å². The molecule has 180 valence electrons. The predicted molar refractivity (Wildman–Crippen MR) is 125 cm³/mol. The lowest BCUT2D eigenvalue weighted by atomic mass is 9.87. The zero-order valence-corrected chi connectivity index (χ0v) is 19.2. The van der Waals surface area contributed by atoms with Crippen molar-refractivity contribution < 1.29 is 13.5 Å². The molecular weight excluding hydrogens is 440 g/mol. The molecule has 1 saturated heterocycles. The second-order valence-corrected chi connectivity index (χ2v) is 9.35. The summed E-state index contributed by atoms with van der Waals surface area (Å²) in [7, 11) is 0. The van der Waals surface area contributed by atoms with Crippen molar-refractivity contribution in [3.05, 3.63) is 58.8 Å². The summed E-state index contributed by atoms with van der Waals surface area (Å²) in [6, 6.07) is 5.48. The van der Waals surface area contributed by atoms with Crippen molar-refractivity contribution >= 4 is 5.95 Å². The van der Waals surface area contributed by atoms with E-state index in [1.165, 1.54) is 23.5 Å². The van der Waals surface area contributed by atoms with E-state index in [-0.39, 0.29) is 17.4 Å². The number of benzene rings is 1. The molecule has 5 rings (SSSR count). The average Bonchev–Trinajstić information content (AvgIpc) is 3.20. The highest BCUT2D eigenvalue weighted by atomic mass is 19.2. The number of halogens is 2. The van der Waals surface area contributed by atoms with Crippen molar-refractivity contribution in [2.24, 2.45) is 5.92 Å². The summed E-state index contributed by atoms with van der Waals surface area (Å²) < 4.78 is 36.2. The molecule has 34 heavy (non-hydrogen) atoms. The van der Waals surface area contributed by atoms with Crippen molar-refractivity contribution in [2.45, 2.75) is 57.5 Å². The van der Waals surface area contributed by atoms with Crippen LogP contribution < -0.4 is 11.0 Å². The monoisotopic (exact) mass is 469 g/mol. The number of nitrogens with zero attached hydrogens (tertiary/aromatic N) is 4. The number of ether oxygens (including phenoxy) is 1. The summed E-state index contributed by atoms with van der Waals surface area (Å²) in [5, 5.41) is 3.43. The summed E-state index contributed by atoms with van der Waals surface area (Å²) in [6.45, 7) is 3.42. The first-order chi connectivity index (χ1) is 16.5. The molecule has 0 unspecified atom stereocenters. The van der Waals surface area contributed by atoms with Gasteiger partial charge in [-0.05, 0) is 62.6 Å². The van der Waals surface area contributed by atoms with Crippen LogP contribution in [0.3, 0.4) is 0 Å². The molecule has 0 atom stereocenters. The Hall–Kier alpha value is -3.07. The molecule has 1 aliphatic heterocycles. The zero-order valence-electron chi connectivity index (χ0n) is 19.2. The van der Waals surface area contributed by atoms with Crippen LogP contribution in [-0.2, 0) is 4.74 Å². The lowest BCUT2D eigenvalue weighted by Crippen LogP contribution is -2.30. The van der Waals surface area contributed by atoms with Crippen molar-refractivity contribution in [1.29, 1.82) is 0 Å². The van der Waals surface area contributed by atoms with E-state index in [0.29, 0.717) is 49.4 Å². The molecule has 3 heterocycles. The van der Waals surface area contributed by atoms with Gasteiger partial charge in [-0.2, -0.15) is 0 Å². The molecule has 7 nitrogen and oxygen atoms in total. The highest BCUT2D eigenvalue weighted by Crippen LogP contribution is 2.28. The molecule has 3 aromatic rings. The number of hydrogen-bond donors (Lipinski definition) is 1. The third kappa shape index (κ3) is 4.61. The molecule has 0 bridgehead atoms. The first-order valence-corrected chi connectivity index (χ1v) is 12.0. The molecule has 1 N–H and O–H groups in total. The fourth-order valence-electron chi connectivity index (χ4n) is 4.90. The number of imidazole rings is 1. The van der Waals surface area contributed by atoms with E-state index in [1.54, 1.807) is 23.0 Å². The predicted octanol–water partition coefficient (Wildman–Crippen LogP) is 4.72. The van der Waals surface area contributed by atoms with Crippen molar-refractivity contribution in [2.75, 3.05) is 18.5 Å². The lowest BCUT2D eigenvalue weighted by Gasteiger charge is -2.26. The maximum atomic E-state index is 14.1. The first-order valence-electron chi connectivity index (χ1n) is 12.0. The summed E-state index contributed by atoms with van der Waals surface area (Å²) in [4.78, 5) is 22.6. The van der Waals surface area contributed by atoms with Gasteiger partial charge in [0.05, 0.1) is 17.1 Å². The highest BCUT2D eigenvalue weighted by Gasteiger charge is 2.24. The van der Waals surface area contributed by atoms with E-state index in [2.05, 4.69) is 17.2 Å². The minimum atomic E-state index is -1.01. The van der Waals surface area contributed by atoms with Gasteiger partial charge in [0.15, 0.2) is 11.6 Å². The van der Waals surface area contributed by atoms with E-state index in [9.17, 15) is 13.6 Å². The van der Waals surface area contributed by atoms with Gasteiger partial charge in [-0.3, -0.25) is 9.13 Å². The topological polar surface area (TPSA) is 74.0 Å². The van der Waals surface area contributed by atoms with Crippen LogP contribution in [-0.4, -0.2) is 38.4 Å². The van der Waals surface area contributed by atoms with E-state index < -0.39 is 11.6 Å². The zero-order chi connectivity index (χ0) is 23.7. The minimum absolute atomic E-state index is 0.0322. The molecule has 0 amide bonds. The van der Waals surface area contributed by atoms with Crippen LogP contribution in [0.15, 0.2) is 41.5 Å². The van der Waals surface area contributed by atoms with Gasteiger partial charge in [-0.1, -0.05) is 6.92 Å². The minimum Gasteiger partial charge on any atom is -0.381 e. The van der Waals surface area contributed by atoms with E-state index >= 15 is 0 Å². The summed E-state index contributed by atoms with van der Waals surface area (Å²) in [6.07, 6.45) is 9.29. The van der Waals surface area contributed by atoms with Gasteiger partial charge in [0.1, 0.15) is 0 Å². The van der Waals surface area contributed by atoms with E-state index in [4.69, 9.17) is 9.72 Å². The summed E-state index contributed by atoms with van der Waals surface area (Å²) >= 11 is 0. The Morgan fingerprint density at radius 2 is 1.79 bits per heavy atom. The van der Waals surface area contributed by atoms with Crippen LogP contribution in [0.25, 0.3) is 17.1 Å². The summed E-state index contributed by atoms with van der Waals surface area (Å²) in [5.41, 5.74) is 0.973. The van der Waals surface area contributed by atoms with Crippen molar-refractivity contribution in [3.63, 3.8) is 0 Å². The Labute approximate surface area is 196 Å². The Morgan fingerprint density at radius 3 is 2.53 bits per heavy atom. The number of aromatic nitrogens is 4. The van der Waals surface area contributed by atoms with Gasteiger partial charge in [0.25, 0.3) is 0 Å². The SMILES string of the molecule is CC1CCC(Nc2nccc(-c3cn(C4CCOCC4)c(=O)n3-c3ccc(F)c(F)c3)n2)CC1. The van der Waals surface area contributed by atoms with Gasteiger partial charge in [-0.25, -0.2) is 23.5 Å².